The van der Waals surface area contributed by atoms with Gasteiger partial charge in [0, 0.05) is 12.6 Å². The van der Waals surface area contributed by atoms with Crippen molar-refractivity contribution in [1.29, 1.82) is 0 Å². The molecule has 6 heteroatoms. The van der Waals surface area contributed by atoms with Gasteiger partial charge in [-0.25, -0.2) is 4.79 Å². The van der Waals surface area contributed by atoms with Gasteiger partial charge in [-0.05, 0) is 37.3 Å². The van der Waals surface area contributed by atoms with E-state index in [4.69, 9.17) is 5.11 Å². The highest BCUT2D eigenvalue weighted by Gasteiger charge is 2.37. The molecule has 0 saturated heterocycles. The third-order valence-corrected chi connectivity index (χ3v) is 4.13. The molecule has 124 valence electrons. The van der Waals surface area contributed by atoms with Crippen LogP contribution in [0.2, 0.25) is 0 Å². The van der Waals surface area contributed by atoms with E-state index in [0.717, 1.165) is 6.42 Å². The average molecular weight is 318 g/mol. The van der Waals surface area contributed by atoms with Gasteiger partial charge >= 0.3 is 6.09 Å². The lowest BCUT2D eigenvalue weighted by atomic mass is 9.90. The molecular weight excluding hydrogens is 296 g/mol. The highest BCUT2D eigenvalue weighted by Crippen LogP contribution is 2.26. The van der Waals surface area contributed by atoms with Crippen molar-refractivity contribution in [2.75, 3.05) is 6.54 Å². The first-order valence-corrected chi connectivity index (χ1v) is 7.76. The summed E-state index contributed by atoms with van der Waals surface area (Å²) in [6.45, 7) is 6.04. The van der Waals surface area contributed by atoms with Crippen LogP contribution in [0.5, 0.6) is 0 Å². The Morgan fingerprint density at radius 2 is 1.65 bits per heavy atom. The Bertz CT molecular complexity index is 592. The summed E-state index contributed by atoms with van der Waals surface area (Å²) in [5.41, 5.74) is 0.833. The molecule has 0 radical (unpaired) electrons. The van der Waals surface area contributed by atoms with Gasteiger partial charge < -0.3 is 10.4 Å². The highest BCUT2D eigenvalue weighted by molar-refractivity contribution is 6.21. The summed E-state index contributed by atoms with van der Waals surface area (Å²) in [5, 5.41) is 11.4. The molecule has 2 rings (SSSR count). The second-order valence-electron chi connectivity index (χ2n) is 6.39. The molecule has 2 N–H and O–H groups in total. The Morgan fingerprint density at radius 3 is 2.09 bits per heavy atom. The number of carboxylic acid groups (broad SMARTS) is 1. The van der Waals surface area contributed by atoms with E-state index in [-0.39, 0.29) is 30.3 Å². The van der Waals surface area contributed by atoms with Crippen molar-refractivity contribution >= 4 is 17.9 Å². The zero-order valence-electron chi connectivity index (χ0n) is 13.6. The quantitative estimate of drug-likeness (QED) is 0.789. The molecule has 0 aliphatic carbocycles. The maximum absolute atomic E-state index is 12.4. The molecule has 1 aromatic rings. The topological polar surface area (TPSA) is 86.7 Å². The molecule has 1 heterocycles. The third-order valence-electron chi connectivity index (χ3n) is 4.13. The van der Waals surface area contributed by atoms with Crippen molar-refractivity contribution in [3.63, 3.8) is 0 Å². The van der Waals surface area contributed by atoms with E-state index < -0.39 is 6.09 Å². The zero-order chi connectivity index (χ0) is 17.1. The van der Waals surface area contributed by atoms with E-state index in [2.05, 4.69) is 5.32 Å². The van der Waals surface area contributed by atoms with Crippen LogP contribution in [0.4, 0.5) is 4.79 Å². The molecule has 0 spiro atoms. The van der Waals surface area contributed by atoms with Crippen LogP contribution < -0.4 is 5.32 Å². The summed E-state index contributed by atoms with van der Waals surface area (Å²) in [6, 6.07) is 6.40. The molecule has 1 aliphatic rings. The number of carbonyl (C=O) groups is 3. The molecule has 1 aliphatic heterocycles. The summed E-state index contributed by atoms with van der Waals surface area (Å²) in [4.78, 5) is 37.0. The van der Waals surface area contributed by atoms with Crippen LogP contribution in [-0.2, 0) is 0 Å². The molecule has 0 saturated carbocycles. The molecule has 1 aromatic carbocycles. The number of hydrogen-bond donors (Lipinski definition) is 2. The molecule has 0 fully saturated rings. The van der Waals surface area contributed by atoms with Gasteiger partial charge in [-0.2, -0.15) is 0 Å². The Kier molecular flexibility index (Phi) is 5.03. The molecule has 23 heavy (non-hydrogen) atoms. The van der Waals surface area contributed by atoms with Gasteiger partial charge in [0.1, 0.15) is 0 Å². The SMILES string of the molecule is CC(C)C[C@@H](CN1C(=O)c2ccccc2C1=O)[C@@H](C)NC(=O)O. The monoisotopic (exact) mass is 318 g/mol. The smallest absolute Gasteiger partial charge is 0.404 e. The summed E-state index contributed by atoms with van der Waals surface area (Å²) >= 11 is 0. The summed E-state index contributed by atoms with van der Waals surface area (Å²) in [6.07, 6.45) is -0.386. The first-order valence-electron chi connectivity index (χ1n) is 7.76. The van der Waals surface area contributed by atoms with E-state index in [0.29, 0.717) is 17.0 Å². The number of benzene rings is 1. The number of imide groups is 1. The minimum Gasteiger partial charge on any atom is -0.465 e. The number of carbonyl (C=O) groups excluding carboxylic acids is 2. The minimum absolute atomic E-state index is 0.131. The fourth-order valence-electron chi connectivity index (χ4n) is 2.99. The first kappa shape index (κ1) is 17.0. The second kappa shape index (κ2) is 6.81. The Balaban J connectivity index is 2.18. The van der Waals surface area contributed by atoms with Crippen LogP contribution in [0.15, 0.2) is 24.3 Å². The number of hydrogen-bond acceptors (Lipinski definition) is 3. The number of nitrogens with one attached hydrogen (secondary N) is 1. The van der Waals surface area contributed by atoms with E-state index in [9.17, 15) is 14.4 Å². The van der Waals surface area contributed by atoms with E-state index >= 15 is 0 Å². The number of fused-ring (bicyclic) bond motifs is 1. The largest absolute Gasteiger partial charge is 0.465 e. The minimum atomic E-state index is -1.10. The van der Waals surface area contributed by atoms with Crippen molar-refractivity contribution in [3.05, 3.63) is 35.4 Å². The molecular formula is C17H22N2O4. The zero-order valence-corrected chi connectivity index (χ0v) is 13.6. The van der Waals surface area contributed by atoms with Crippen LogP contribution in [0.1, 0.15) is 47.9 Å². The Morgan fingerprint density at radius 1 is 1.13 bits per heavy atom. The van der Waals surface area contributed by atoms with Crippen molar-refractivity contribution in [2.45, 2.75) is 33.2 Å². The molecule has 3 amide bonds. The molecule has 2 atom stereocenters. The predicted molar refractivity (Wildman–Crippen MR) is 85.4 cm³/mol. The normalized spacial score (nSPS) is 16.4. The maximum atomic E-state index is 12.4. The van der Waals surface area contributed by atoms with Gasteiger partial charge in [0.05, 0.1) is 11.1 Å². The lowest BCUT2D eigenvalue weighted by molar-refractivity contribution is 0.0611. The van der Waals surface area contributed by atoms with Crippen molar-refractivity contribution in [1.82, 2.24) is 10.2 Å². The van der Waals surface area contributed by atoms with Crippen LogP contribution in [0.25, 0.3) is 0 Å². The van der Waals surface area contributed by atoms with Crippen molar-refractivity contribution < 1.29 is 19.5 Å². The summed E-state index contributed by atoms with van der Waals surface area (Å²) in [7, 11) is 0. The van der Waals surface area contributed by atoms with Crippen molar-refractivity contribution in [3.8, 4) is 0 Å². The van der Waals surface area contributed by atoms with Gasteiger partial charge in [0.2, 0.25) is 0 Å². The Labute approximate surface area is 135 Å². The van der Waals surface area contributed by atoms with Crippen LogP contribution >= 0.6 is 0 Å². The van der Waals surface area contributed by atoms with E-state index in [1.807, 2.05) is 13.8 Å². The van der Waals surface area contributed by atoms with Gasteiger partial charge in [0.25, 0.3) is 11.8 Å². The van der Waals surface area contributed by atoms with Crippen LogP contribution in [0.3, 0.4) is 0 Å². The molecule has 6 nitrogen and oxygen atoms in total. The lowest BCUT2D eigenvalue weighted by Crippen LogP contribution is -2.44. The standard InChI is InChI=1S/C17H22N2O4/c1-10(2)8-12(11(3)18-17(22)23)9-19-15(20)13-6-4-5-7-14(13)16(19)21/h4-7,10-12,18H,8-9H2,1-3H3,(H,22,23)/t11-,12+/m1/s1. The Hall–Kier alpha value is -2.37. The number of nitrogens with zero attached hydrogens (tertiary/aromatic N) is 1. The lowest BCUT2D eigenvalue weighted by Gasteiger charge is -2.28. The fourth-order valence-corrected chi connectivity index (χ4v) is 2.99. The number of rotatable bonds is 6. The highest BCUT2D eigenvalue weighted by atomic mass is 16.4. The summed E-state index contributed by atoms with van der Waals surface area (Å²) in [5.74, 6) is -0.412. The average Bonchev–Trinajstić information content (AvgIpc) is 2.71. The van der Waals surface area contributed by atoms with Gasteiger partial charge in [-0.1, -0.05) is 26.0 Å². The van der Waals surface area contributed by atoms with E-state index in [1.165, 1.54) is 4.90 Å². The van der Waals surface area contributed by atoms with Gasteiger partial charge in [-0.15, -0.1) is 0 Å². The molecule has 0 unspecified atom stereocenters. The maximum Gasteiger partial charge on any atom is 0.404 e. The van der Waals surface area contributed by atoms with Crippen LogP contribution in [-0.4, -0.2) is 40.5 Å². The third kappa shape index (κ3) is 3.70. The molecule has 0 bridgehead atoms. The second-order valence-corrected chi connectivity index (χ2v) is 6.39. The number of amides is 3. The van der Waals surface area contributed by atoms with Gasteiger partial charge in [0.15, 0.2) is 0 Å². The summed E-state index contributed by atoms with van der Waals surface area (Å²) < 4.78 is 0. The predicted octanol–water partition coefficient (Wildman–Crippen LogP) is 2.60. The molecule has 0 aromatic heterocycles. The van der Waals surface area contributed by atoms with E-state index in [1.54, 1.807) is 31.2 Å². The van der Waals surface area contributed by atoms with Crippen LogP contribution in [0, 0.1) is 11.8 Å². The first-order chi connectivity index (χ1) is 10.8. The van der Waals surface area contributed by atoms with Crippen molar-refractivity contribution in [2.24, 2.45) is 11.8 Å². The fraction of sp³-hybridized carbons (Fsp3) is 0.471. The van der Waals surface area contributed by atoms with Gasteiger partial charge in [-0.3, -0.25) is 14.5 Å².